The summed E-state index contributed by atoms with van der Waals surface area (Å²) >= 11 is 0. The van der Waals surface area contributed by atoms with Crippen LogP contribution in [0.25, 0.3) is 11.1 Å². The lowest BCUT2D eigenvalue weighted by Crippen LogP contribution is -2.48. The Balaban J connectivity index is 1.54. The first-order valence-electron chi connectivity index (χ1n) is 13.2. The van der Waals surface area contributed by atoms with Gasteiger partial charge >= 0.3 is 0 Å². The van der Waals surface area contributed by atoms with E-state index in [-0.39, 0.29) is 48.8 Å². The first-order valence-corrected chi connectivity index (χ1v) is 13.2. The topological polar surface area (TPSA) is 89.9 Å². The van der Waals surface area contributed by atoms with E-state index in [0.717, 1.165) is 48.3 Å². The molecule has 3 rings (SSSR count). The summed E-state index contributed by atoms with van der Waals surface area (Å²) in [4.78, 5) is 26.0. The number of hydrogen-bond donors (Lipinski definition) is 3. The van der Waals surface area contributed by atoms with Crippen LogP contribution in [0.15, 0.2) is 54.6 Å². The minimum Gasteiger partial charge on any atom is -0.394 e. The van der Waals surface area contributed by atoms with Crippen LogP contribution in [0.1, 0.15) is 64.9 Å². The quantitative estimate of drug-likeness (QED) is 0.295. The van der Waals surface area contributed by atoms with Gasteiger partial charge in [-0.25, -0.2) is 5.06 Å². The number of amides is 2. The molecular formula is C30H42N2O4. The van der Waals surface area contributed by atoms with E-state index in [2.05, 4.69) is 41.7 Å². The van der Waals surface area contributed by atoms with E-state index in [1.165, 1.54) is 5.56 Å². The summed E-state index contributed by atoms with van der Waals surface area (Å²) in [5.74, 6) is -1.05. The third-order valence-corrected chi connectivity index (χ3v) is 7.41. The second-order valence-corrected chi connectivity index (χ2v) is 11.2. The first-order chi connectivity index (χ1) is 17.2. The number of carbonyl (C=O) groups excluding carboxylic acids is 2. The van der Waals surface area contributed by atoms with Crippen molar-refractivity contribution in [3.8, 4) is 11.1 Å². The lowest BCUT2D eigenvalue weighted by molar-refractivity contribution is -0.173. The lowest BCUT2D eigenvalue weighted by Gasteiger charge is -2.31. The number of aliphatic hydroxyl groups excluding tert-OH is 1. The summed E-state index contributed by atoms with van der Waals surface area (Å²) in [5, 5.41) is 24.0. The van der Waals surface area contributed by atoms with Crippen molar-refractivity contribution in [2.75, 3.05) is 13.2 Å². The van der Waals surface area contributed by atoms with Crippen molar-refractivity contribution < 1.29 is 19.9 Å². The maximum atomic E-state index is 13.2. The highest BCUT2D eigenvalue weighted by Crippen LogP contribution is 2.34. The van der Waals surface area contributed by atoms with Crippen LogP contribution in [-0.4, -0.2) is 46.4 Å². The van der Waals surface area contributed by atoms with Crippen LogP contribution in [-0.2, 0) is 16.0 Å². The Labute approximate surface area is 215 Å². The number of hydrogen-bond acceptors (Lipinski definition) is 4. The number of nitrogens with one attached hydrogen (secondary N) is 1. The predicted octanol–water partition coefficient (Wildman–Crippen LogP) is 5.22. The van der Waals surface area contributed by atoms with Crippen molar-refractivity contribution >= 4 is 11.8 Å². The van der Waals surface area contributed by atoms with E-state index in [4.69, 9.17) is 0 Å². The second kappa shape index (κ2) is 13.0. The normalized spacial score (nSPS) is 15.9. The van der Waals surface area contributed by atoms with Gasteiger partial charge in [0.05, 0.1) is 18.6 Å². The van der Waals surface area contributed by atoms with Gasteiger partial charge in [-0.2, -0.15) is 0 Å². The number of aryl methyl sites for hydroxylation is 1. The lowest BCUT2D eigenvalue weighted by atomic mass is 9.85. The molecule has 196 valence electrons. The smallest absolute Gasteiger partial charge is 0.249 e. The summed E-state index contributed by atoms with van der Waals surface area (Å²) in [6.45, 7) is 5.94. The van der Waals surface area contributed by atoms with Gasteiger partial charge in [-0.1, -0.05) is 88.2 Å². The van der Waals surface area contributed by atoms with Gasteiger partial charge in [0, 0.05) is 13.0 Å². The molecule has 6 heteroatoms. The van der Waals surface area contributed by atoms with Crippen molar-refractivity contribution in [2.45, 2.75) is 71.8 Å². The Kier molecular flexibility index (Phi) is 10.1. The van der Waals surface area contributed by atoms with Crippen molar-refractivity contribution in [2.24, 2.45) is 17.3 Å². The minimum absolute atomic E-state index is 0.0358. The van der Waals surface area contributed by atoms with Crippen molar-refractivity contribution in [1.29, 1.82) is 0 Å². The van der Waals surface area contributed by atoms with Gasteiger partial charge in [0.15, 0.2) is 0 Å². The Morgan fingerprint density at radius 1 is 1.00 bits per heavy atom. The molecule has 0 heterocycles. The van der Waals surface area contributed by atoms with Crippen LogP contribution >= 0.6 is 0 Å². The summed E-state index contributed by atoms with van der Waals surface area (Å²) in [7, 11) is 0. The molecule has 2 aromatic rings. The third kappa shape index (κ3) is 7.90. The van der Waals surface area contributed by atoms with Crippen molar-refractivity contribution in [3.63, 3.8) is 0 Å². The fraction of sp³-hybridized carbons (Fsp3) is 0.533. The minimum atomic E-state index is -0.540. The fourth-order valence-electron chi connectivity index (χ4n) is 5.03. The Morgan fingerprint density at radius 2 is 1.61 bits per heavy atom. The van der Waals surface area contributed by atoms with Crippen molar-refractivity contribution in [1.82, 2.24) is 10.4 Å². The van der Waals surface area contributed by atoms with Crippen LogP contribution in [0.3, 0.4) is 0 Å². The molecular weight excluding hydrogens is 452 g/mol. The molecule has 0 radical (unpaired) electrons. The molecule has 36 heavy (non-hydrogen) atoms. The maximum Gasteiger partial charge on any atom is 0.249 e. The predicted molar refractivity (Wildman–Crippen MR) is 142 cm³/mol. The molecule has 2 atom stereocenters. The second-order valence-electron chi connectivity index (χ2n) is 11.2. The zero-order valence-electron chi connectivity index (χ0n) is 22.0. The number of aliphatic hydroxyl groups is 1. The van der Waals surface area contributed by atoms with Crippen LogP contribution < -0.4 is 5.32 Å². The first kappa shape index (κ1) is 27.9. The highest BCUT2D eigenvalue weighted by atomic mass is 16.5. The number of hydroxylamine groups is 2. The number of rotatable bonds is 11. The fourth-order valence-corrected chi connectivity index (χ4v) is 5.03. The van der Waals surface area contributed by atoms with E-state index >= 15 is 0 Å². The standard InChI is InChI=1S/C30H42N2O4/c1-30(2,3)27(21-33)31-28(34)20-26(25-13-7-8-14-25)29(35)32(36)19-9-10-22-15-17-24(18-16-22)23-11-5-4-6-12-23/h4-6,11-12,15-18,25-27,33,36H,7-10,13-14,19-21H2,1-3H3,(H,31,34)/t26-,27+/m0/s1. The molecule has 2 amide bonds. The molecule has 2 aromatic carbocycles. The highest BCUT2D eigenvalue weighted by molar-refractivity contribution is 5.85. The van der Waals surface area contributed by atoms with E-state index < -0.39 is 5.92 Å². The summed E-state index contributed by atoms with van der Waals surface area (Å²) in [6, 6.07) is 18.2. The summed E-state index contributed by atoms with van der Waals surface area (Å²) in [5.41, 5.74) is 3.19. The van der Waals surface area contributed by atoms with Gasteiger partial charge in [-0.15, -0.1) is 0 Å². The average molecular weight is 495 g/mol. The van der Waals surface area contributed by atoms with Crippen LogP contribution in [0, 0.1) is 17.3 Å². The van der Waals surface area contributed by atoms with Crippen LogP contribution in [0.2, 0.25) is 0 Å². The molecule has 1 fully saturated rings. The van der Waals surface area contributed by atoms with E-state index in [9.17, 15) is 19.9 Å². The van der Waals surface area contributed by atoms with Gasteiger partial charge in [-0.3, -0.25) is 14.8 Å². The zero-order chi connectivity index (χ0) is 26.1. The van der Waals surface area contributed by atoms with Crippen LogP contribution in [0.5, 0.6) is 0 Å². The molecule has 0 spiro atoms. The largest absolute Gasteiger partial charge is 0.394 e. The summed E-state index contributed by atoms with van der Waals surface area (Å²) in [6.07, 6.45) is 5.30. The molecule has 6 nitrogen and oxygen atoms in total. The van der Waals surface area contributed by atoms with E-state index in [1.807, 2.05) is 39.0 Å². The molecule has 1 aliphatic carbocycles. The van der Waals surface area contributed by atoms with Crippen LogP contribution in [0.4, 0.5) is 0 Å². The average Bonchev–Trinajstić information content (AvgIpc) is 3.40. The maximum absolute atomic E-state index is 13.2. The molecule has 0 bridgehead atoms. The molecule has 1 saturated carbocycles. The molecule has 0 aromatic heterocycles. The molecule has 0 unspecified atom stereocenters. The van der Waals surface area contributed by atoms with Crippen molar-refractivity contribution in [3.05, 3.63) is 60.2 Å². The van der Waals surface area contributed by atoms with E-state index in [0.29, 0.717) is 6.42 Å². The third-order valence-electron chi connectivity index (χ3n) is 7.41. The Morgan fingerprint density at radius 3 is 2.19 bits per heavy atom. The molecule has 3 N–H and O–H groups in total. The monoisotopic (exact) mass is 494 g/mol. The molecule has 0 aliphatic heterocycles. The Hall–Kier alpha value is -2.70. The van der Waals surface area contributed by atoms with E-state index in [1.54, 1.807) is 0 Å². The summed E-state index contributed by atoms with van der Waals surface area (Å²) < 4.78 is 0. The molecule has 0 saturated heterocycles. The number of nitrogens with zero attached hydrogens (tertiary/aromatic N) is 1. The van der Waals surface area contributed by atoms with Gasteiger partial charge in [0.1, 0.15) is 0 Å². The zero-order valence-corrected chi connectivity index (χ0v) is 22.0. The Bertz CT molecular complexity index is 963. The number of benzene rings is 2. The number of carbonyl (C=O) groups is 2. The molecule has 1 aliphatic rings. The highest BCUT2D eigenvalue weighted by Gasteiger charge is 2.36. The SMILES string of the molecule is CC(C)(C)[C@@H](CO)NC(=O)C[C@H](C(=O)N(O)CCCc1ccc(-c2ccccc2)cc1)C1CCCC1. The van der Waals surface area contributed by atoms with Gasteiger partial charge in [0.25, 0.3) is 0 Å². The van der Waals surface area contributed by atoms with Gasteiger partial charge < -0.3 is 10.4 Å². The van der Waals surface area contributed by atoms with Gasteiger partial charge in [0.2, 0.25) is 11.8 Å². The van der Waals surface area contributed by atoms with Gasteiger partial charge in [-0.05, 0) is 53.7 Å².